The number of hydrogen-bond donors (Lipinski definition) is 2. The maximum atomic E-state index is 9.16. The van der Waals surface area contributed by atoms with Gasteiger partial charge in [-0.1, -0.05) is 30.3 Å². The fourth-order valence-electron chi connectivity index (χ4n) is 0.736. The Hall–Kier alpha value is -0.860. The minimum Gasteiger partial charge on any atom is -0.393 e. The van der Waals surface area contributed by atoms with Crippen LogP contribution in [0, 0.1) is 0 Å². The Morgan fingerprint density at radius 2 is 2.00 bits per heavy atom. The van der Waals surface area contributed by atoms with Gasteiger partial charge in [-0.05, 0) is 5.56 Å². The molecule has 2 nitrogen and oxygen atoms in total. The first-order chi connectivity index (χ1) is 5.22. The van der Waals surface area contributed by atoms with Crippen molar-refractivity contribution in [2.24, 2.45) is 0 Å². The summed E-state index contributed by atoms with van der Waals surface area (Å²) >= 11 is 0. The van der Waals surface area contributed by atoms with Gasteiger partial charge in [0.15, 0.2) is 0 Å². The molecule has 1 unspecified atom stereocenters. The van der Waals surface area contributed by atoms with Crippen LogP contribution >= 0.6 is 0 Å². The lowest BCUT2D eigenvalue weighted by atomic mass is 10.1. The summed E-state index contributed by atoms with van der Waals surface area (Å²) in [6.45, 7) is -1.46. The molecule has 1 rings (SSSR count). The molecule has 0 aliphatic carbocycles. The lowest BCUT2D eigenvalue weighted by Gasteiger charge is -2.05. The van der Waals surface area contributed by atoms with Crippen LogP contribution in [0.3, 0.4) is 0 Å². The molecule has 0 amide bonds. The van der Waals surface area contributed by atoms with Gasteiger partial charge in [0.2, 0.25) is 0 Å². The van der Waals surface area contributed by atoms with Gasteiger partial charge >= 0.3 is 0 Å². The number of benzene rings is 1. The van der Waals surface area contributed by atoms with Crippen molar-refractivity contribution < 1.29 is 11.6 Å². The fraction of sp³-hybridized carbons (Fsp3) is 0.250. The molecule has 2 N–H and O–H groups in total. The van der Waals surface area contributed by atoms with E-state index < -0.39 is 12.7 Å². The second-order valence-corrected chi connectivity index (χ2v) is 2.00. The van der Waals surface area contributed by atoms with Crippen LogP contribution in [0.4, 0.5) is 0 Å². The highest BCUT2D eigenvalue weighted by Crippen LogP contribution is 2.09. The molecule has 0 fully saturated rings. The Bertz CT molecular complexity index is 211. The highest BCUT2D eigenvalue weighted by atomic mass is 16.3. The second kappa shape index (κ2) is 3.34. The third-order valence-corrected chi connectivity index (χ3v) is 1.28. The first kappa shape index (κ1) is 5.89. The van der Waals surface area contributed by atoms with E-state index in [-0.39, 0.29) is 0 Å². The Labute approximate surface area is 61.2 Å². The highest BCUT2D eigenvalue weighted by Gasteiger charge is 2.02. The Morgan fingerprint density at radius 3 is 2.50 bits per heavy atom. The van der Waals surface area contributed by atoms with Crippen LogP contribution in [-0.2, 0) is 0 Å². The van der Waals surface area contributed by atoms with Crippen LogP contribution in [0.15, 0.2) is 30.3 Å². The van der Waals surface area contributed by atoms with Gasteiger partial charge in [0.05, 0.1) is 7.95 Å². The zero-order valence-corrected chi connectivity index (χ0v) is 5.44. The minimum atomic E-state index is -1.46. The fourth-order valence-corrected chi connectivity index (χ4v) is 0.736. The molecule has 0 aromatic heterocycles. The van der Waals surface area contributed by atoms with E-state index in [0.29, 0.717) is 5.56 Å². The molecule has 2 atom stereocenters. The van der Waals surface area contributed by atoms with E-state index >= 15 is 0 Å². The van der Waals surface area contributed by atoms with E-state index in [4.69, 9.17) is 11.6 Å². The smallest absolute Gasteiger partial charge is 0.102 e. The molecule has 2 heteroatoms. The van der Waals surface area contributed by atoms with E-state index in [1.54, 1.807) is 24.3 Å². The van der Waals surface area contributed by atoms with Gasteiger partial charge in [0.25, 0.3) is 0 Å². The molecule has 0 saturated heterocycles. The molecule has 0 aliphatic rings. The number of aliphatic hydroxyl groups is 2. The summed E-state index contributed by atoms with van der Waals surface area (Å²) in [6.07, 6.45) is -1.10. The monoisotopic (exact) mass is 139 g/mol. The lowest BCUT2D eigenvalue weighted by Crippen LogP contribution is -2.01. The predicted octanol–water partition coefficient (Wildman–Crippen LogP) is 0.712. The quantitative estimate of drug-likeness (QED) is 0.633. The maximum absolute atomic E-state index is 9.16. The van der Waals surface area contributed by atoms with Crippen LogP contribution in [-0.4, -0.2) is 16.8 Å². The Morgan fingerprint density at radius 1 is 1.40 bits per heavy atom. The van der Waals surface area contributed by atoms with Crippen molar-refractivity contribution in [2.45, 2.75) is 6.10 Å². The van der Waals surface area contributed by atoms with Crippen LogP contribution in [0.25, 0.3) is 0 Å². The number of aliphatic hydroxyl groups excluding tert-OH is 2. The van der Waals surface area contributed by atoms with Crippen molar-refractivity contribution in [3.63, 3.8) is 0 Å². The number of rotatable bonds is 2. The third-order valence-electron chi connectivity index (χ3n) is 1.28. The average Bonchev–Trinajstić information content (AvgIpc) is 2.05. The Kier molecular flexibility index (Phi) is 1.97. The van der Waals surface area contributed by atoms with E-state index in [0.717, 1.165) is 0 Å². The largest absolute Gasteiger partial charge is 0.393 e. The van der Waals surface area contributed by atoms with Gasteiger partial charge < -0.3 is 10.2 Å². The molecule has 0 bridgehead atoms. The van der Waals surface area contributed by atoms with Crippen LogP contribution in [0.2, 0.25) is 0 Å². The molecule has 0 heterocycles. The summed E-state index contributed by atoms with van der Waals surface area (Å²) in [5, 5.41) is 17.9. The topological polar surface area (TPSA) is 40.5 Å². The summed E-state index contributed by atoms with van der Waals surface area (Å²) < 4.78 is 6.83. The first-order valence-electron chi connectivity index (χ1n) is 3.63. The summed E-state index contributed by atoms with van der Waals surface area (Å²) in [5.41, 5.74) is 0.565. The van der Waals surface area contributed by atoms with Gasteiger partial charge in [-0.2, -0.15) is 0 Å². The molecule has 0 aliphatic heterocycles. The molecule has 54 valence electrons. The van der Waals surface area contributed by atoms with Gasteiger partial charge in [-0.25, -0.2) is 0 Å². The molecule has 0 radical (unpaired) electrons. The average molecular weight is 139 g/mol. The highest BCUT2D eigenvalue weighted by molar-refractivity contribution is 5.16. The molecule has 0 spiro atoms. The van der Waals surface area contributed by atoms with Gasteiger partial charge in [-0.3, -0.25) is 0 Å². The van der Waals surface area contributed by atoms with Crippen LogP contribution < -0.4 is 0 Å². The molecule has 10 heavy (non-hydrogen) atoms. The van der Waals surface area contributed by atoms with Crippen molar-refractivity contribution in [1.29, 1.82) is 0 Å². The molecule has 1 aromatic rings. The summed E-state index contributed by atoms with van der Waals surface area (Å²) in [5.74, 6) is 0. The zero-order chi connectivity index (χ0) is 8.27. The zero-order valence-electron chi connectivity index (χ0n) is 6.44. The lowest BCUT2D eigenvalue weighted by molar-refractivity contribution is 0.0956. The van der Waals surface area contributed by atoms with Crippen molar-refractivity contribution in [1.82, 2.24) is 0 Å². The van der Waals surface area contributed by atoms with E-state index in [1.807, 2.05) is 6.07 Å². The van der Waals surface area contributed by atoms with Crippen molar-refractivity contribution in [3.05, 3.63) is 35.9 Å². The normalized spacial score (nSPS) is 17.6. The maximum Gasteiger partial charge on any atom is 0.102 e. The standard InChI is InChI=1S/C8H10O2/c9-6-8(10)7-4-2-1-3-5-7/h1-5,8-10H,6H2/i6D/t6-,8?/m0/s1. The summed E-state index contributed by atoms with van der Waals surface area (Å²) in [7, 11) is 0. The van der Waals surface area contributed by atoms with Crippen LogP contribution in [0.1, 0.15) is 13.0 Å². The second-order valence-electron chi connectivity index (χ2n) is 2.00. The van der Waals surface area contributed by atoms with Gasteiger partial charge in [0, 0.05) is 0 Å². The van der Waals surface area contributed by atoms with Crippen molar-refractivity contribution in [3.8, 4) is 0 Å². The van der Waals surface area contributed by atoms with Crippen LogP contribution in [0.5, 0.6) is 0 Å². The Balaban J connectivity index is 2.77. The third kappa shape index (κ3) is 1.56. The first-order valence-corrected chi connectivity index (χ1v) is 3.05. The van der Waals surface area contributed by atoms with Crippen molar-refractivity contribution >= 4 is 0 Å². The molecular formula is C8H10O2. The van der Waals surface area contributed by atoms with E-state index in [2.05, 4.69) is 0 Å². The van der Waals surface area contributed by atoms with Gasteiger partial charge in [0.1, 0.15) is 6.10 Å². The predicted molar refractivity (Wildman–Crippen MR) is 38.5 cm³/mol. The van der Waals surface area contributed by atoms with Crippen molar-refractivity contribution in [2.75, 3.05) is 6.58 Å². The SMILES string of the molecule is [2H][C@H](O)C(O)c1ccccc1. The van der Waals surface area contributed by atoms with E-state index in [9.17, 15) is 0 Å². The summed E-state index contributed by atoms with van der Waals surface area (Å²) in [6, 6.07) is 8.65. The summed E-state index contributed by atoms with van der Waals surface area (Å²) in [4.78, 5) is 0. The molecular weight excluding hydrogens is 128 g/mol. The van der Waals surface area contributed by atoms with E-state index in [1.165, 1.54) is 0 Å². The molecule has 0 saturated carbocycles. The van der Waals surface area contributed by atoms with Gasteiger partial charge in [-0.15, -0.1) is 0 Å². The minimum absolute atomic E-state index is 0.565. The molecule has 1 aromatic carbocycles. The number of hydrogen-bond acceptors (Lipinski definition) is 2.